The van der Waals surface area contributed by atoms with Gasteiger partial charge in [-0.15, -0.1) is 22.7 Å². The van der Waals surface area contributed by atoms with Crippen LogP contribution in [0.4, 0.5) is 0 Å². The van der Waals surface area contributed by atoms with Crippen molar-refractivity contribution in [2.24, 2.45) is 0 Å². The Morgan fingerprint density at radius 2 is 1.86 bits per heavy atom. The van der Waals surface area contributed by atoms with Crippen LogP contribution in [0.5, 0.6) is 0 Å². The molecule has 0 bridgehead atoms. The van der Waals surface area contributed by atoms with Crippen molar-refractivity contribution in [2.45, 2.75) is 23.3 Å². The van der Waals surface area contributed by atoms with E-state index in [0.717, 1.165) is 32.0 Å². The van der Waals surface area contributed by atoms with Gasteiger partial charge in [-0.2, -0.15) is 4.31 Å². The molecule has 5 rings (SSSR count). The van der Waals surface area contributed by atoms with Crippen LogP contribution in [0.2, 0.25) is 5.02 Å². The zero-order valence-electron chi connectivity index (χ0n) is 19.9. The van der Waals surface area contributed by atoms with E-state index in [1.807, 2.05) is 24.1 Å². The molecular weight excluding hydrogens is 544 g/mol. The van der Waals surface area contributed by atoms with Crippen LogP contribution in [-0.4, -0.2) is 91.3 Å². The first kappa shape index (κ1) is 25.5. The molecule has 14 heteroatoms. The van der Waals surface area contributed by atoms with Crippen LogP contribution in [0, 0.1) is 0 Å². The number of nitrogens with one attached hydrogen (secondary N) is 1. The number of hydrogen-bond donors (Lipinski definition) is 1. The fourth-order valence-corrected chi connectivity index (χ4v) is 8.70. The Morgan fingerprint density at radius 3 is 2.61 bits per heavy atom. The Balaban J connectivity index is 1.40. The van der Waals surface area contributed by atoms with Gasteiger partial charge in [-0.1, -0.05) is 17.7 Å². The van der Waals surface area contributed by atoms with Gasteiger partial charge in [0, 0.05) is 61.9 Å². The normalized spacial score (nSPS) is 20.0. The number of fused-ring (bicyclic) bond motifs is 2. The van der Waals surface area contributed by atoms with E-state index in [1.165, 1.54) is 27.6 Å². The van der Waals surface area contributed by atoms with E-state index < -0.39 is 22.0 Å². The van der Waals surface area contributed by atoms with Crippen molar-refractivity contribution >= 4 is 66.2 Å². The van der Waals surface area contributed by atoms with Gasteiger partial charge < -0.3 is 10.2 Å². The molecule has 36 heavy (non-hydrogen) atoms. The highest BCUT2D eigenvalue weighted by Crippen LogP contribution is 2.34. The number of nitrogens with zero attached hydrogens (tertiary/aromatic N) is 5. The topological polar surface area (TPSA) is 106 Å². The number of thiophene rings is 1. The number of benzene rings is 1. The van der Waals surface area contributed by atoms with Crippen LogP contribution in [0.3, 0.4) is 0 Å². The molecule has 2 amide bonds. The molecule has 2 aliphatic heterocycles. The van der Waals surface area contributed by atoms with E-state index in [1.54, 1.807) is 24.3 Å². The van der Waals surface area contributed by atoms with E-state index in [2.05, 4.69) is 10.3 Å². The Hall–Kier alpha value is -2.13. The maximum absolute atomic E-state index is 13.5. The minimum atomic E-state index is -3.87. The van der Waals surface area contributed by atoms with Gasteiger partial charge in [-0.05, 0) is 23.6 Å². The Bertz CT molecular complexity index is 1430. The molecule has 0 saturated carbocycles. The van der Waals surface area contributed by atoms with Gasteiger partial charge in [0.2, 0.25) is 5.91 Å². The minimum Gasteiger partial charge on any atom is -0.357 e. The number of hydrogen-bond acceptors (Lipinski definition) is 9. The first-order chi connectivity index (χ1) is 17.1. The summed E-state index contributed by atoms with van der Waals surface area (Å²) in [6, 6.07) is 5.87. The molecule has 2 aliphatic rings. The lowest BCUT2D eigenvalue weighted by Gasteiger charge is -2.39. The van der Waals surface area contributed by atoms with Crippen molar-refractivity contribution in [1.29, 1.82) is 0 Å². The van der Waals surface area contributed by atoms with Crippen molar-refractivity contribution in [3.05, 3.63) is 44.9 Å². The fraction of sp³-hybridized carbons (Fsp3) is 0.409. The number of thiazole rings is 1. The fourth-order valence-electron chi connectivity index (χ4n) is 4.36. The Labute approximate surface area is 222 Å². The number of sulfonamides is 1. The number of carbonyl (C=O) groups excluding carboxylic acids is 2. The number of carbonyl (C=O) groups is 2. The lowest BCUT2D eigenvalue weighted by atomic mass is 10.1. The minimum absolute atomic E-state index is 0.0765. The lowest BCUT2D eigenvalue weighted by molar-refractivity contribution is -0.126. The SMILES string of the molecule is CNC(=O)C1CN(S(=O)(=O)c2cc3ccc(Cl)cc3s2)CCN1C(=O)c1nc2c(s1)CN(C)N(C)C2. The number of hydrazine groups is 1. The maximum Gasteiger partial charge on any atom is 0.283 e. The van der Waals surface area contributed by atoms with Crippen LogP contribution in [0.25, 0.3) is 10.1 Å². The molecule has 10 nitrogen and oxygen atoms in total. The number of piperazine rings is 1. The van der Waals surface area contributed by atoms with Crippen LogP contribution >= 0.6 is 34.3 Å². The van der Waals surface area contributed by atoms with Gasteiger partial charge in [0.05, 0.1) is 12.2 Å². The van der Waals surface area contributed by atoms with Gasteiger partial charge in [0.15, 0.2) is 5.01 Å². The summed E-state index contributed by atoms with van der Waals surface area (Å²) in [5.74, 6) is -0.783. The number of halogens is 1. The average molecular weight is 569 g/mol. The number of amides is 2. The van der Waals surface area contributed by atoms with Gasteiger partial charge in [-0.3, -0.25) is 9.59 Å². The maximum atomic E-state index is 13.5. The quantitative estimate of drug-likeness (QED) is 0.513. The summed E-state index contributed by atoms with van der Waals surface area (Å²) in [4.78, 5) is 33.3. The summed E-state index contributed by atoms with van der Waals surface area (Å²) >= 11 is 8.52. The summed E-state index contributed by atoms with van der Waals surface area (Å²) in [5.41, 5.74) is 0.853. The number of likely N-dealkylation sites (N-methyl/N-ethyl adjacent to an activating group) is 1. The highest BCUT2D eigenvalue weighted by molar-refractivity contribution is 7.91. The van der Waals surface area contributed by atoms with Gasteiger partial charge in [0.25, 0.3) is 15.9 Å². The average Bonchev–Trinajstić information content (AvgIpc) is 3.47. The molecule has 2 aromatic heterocycles. The van der Waals surface area contributed by atoms with E-state index in [0.29, 0.717) is 23.1 Å². The molecular formula is C22H25ClN6O4S3. The molecule has 0 radical (unpaired) electrons. The number of aromatic nitrogens is 1. The van der Waals surface area contributed by atoms with E-state index in [4.69, 9.17) is 11.6 Å². The molecule has 192 valence electrons. The van der Waals surface area contributed by atoms with Crippen molar-refractivity contribution < 1.29 is 18.0 Å². The van der Waals surface area contributed by atoms with E-state index in [9.17, 15) is 18.0 Å². The standard InChI is InChI=1S/C22H25ClN6O4S3/c1-24-20(30)16-11-28(36(32,33)19-8-13-4-5-14(23)9-17(13)34-19)6-7-29(16)22(31)21-25-15-10-26(2)27(3)12-18(15)35-21/h4-5,8-9,16H,6-7,10-12H2,1-3H3,(H,24,30). The lowest BCUT2D eigenvalue weighted by Crippen LogP contribution is -2.61. The summed E-state index contributed by atoms with van der Waals surface area (Å²) < 4.78 is 29.2. The van der Waals surface area contributed by atoms with Gasteiger partial charge in [0.1, 0.15) is 10.3 Å². The first-order valence-electron chi connectivity index (χ1n) is 11.2. The molecule has 0 spiro atoms. The molecule has 1 atom stereocenters. The molecule has 1 aromatic carbocycles. The predicted molar refractivity (Wildman–Crippen MR) is 140 cm³/mol. The van der Waals surface area contributed by atoms with Crippen LogP contribution in [0.1, 0.15) is 20.4 Å². The second-order valence-corrected chi connectivity index (χ2v) is 13.5. The Morgan fingerprint density at radius 1 is 1.11 bits per heavy atom. The van der Waals surface area contributed by atoms with Crippen LogP contribution < -0.4 is 5.32 Å². The Kier molecular flexibility index (Phi) is 6.83. The third-order valence-electron chi connectivity index (χ3n) is 6.50. The van der Waals surface area contributed by atoms with Crippen LogP contribution in [0.15, 0.2) is 28.5 Å². The van der Waals surface area contributed by atoms with Crippen LogP contribution in [-0.2, 0) is 27.9 Å². The largest absolute Gasteiger partial charge is 0.357 e. The monoisotopic (exact) mass is 568 g/mol. The molecule has 1 fully saturated rings. The molecule has 0 aliphatic carbocycles. The van der Waals surface area contributed by atoms with Gasteiger partial charge >= 0.3 is 0 Å². The molecule has 1 saturated heterocycles. The summed E-state index contributed by atoms with van der Waals surface area (Å²) in [6.07, 6.45) is 0. The second kappa shape index (κ2) is 9.63. The first-order valence-corrected chi connectivity index (χ1v) is 14.7. The number of rotatable bonds is 4. The van der Waals surface area contributed by atoms with Crippen molar-refractivity contribution in [2.75, 3.05) is 40.8 Å². The summed E-state index contributed by atoms with van der Waals surface area (Å²) in [6.45, 7) is 1.27. The van der Waals surface area contributed by atoms with Crippen molar-refractivity contribution in [3.63, 3.8) is 0 Å². The zero-order valence-corrected chi connectivity index (χ0v) is 23.1. The second-order valence-electron chi connectivity index (χ2n) is 8.76. The third-order valence-corrected chi connectivity index (χ3v) is 11.2. The summed E-state index contributed by atoms with van der Waals surface area (Å²) in [5, 5.41) is 8.27. The van der Waals surface area contributed by atoms with Gasteiger partial charge in [-0.25, -0.2) is 23.4 Å². The summed E-state index contributed by atoms with van der Waals surface area (Å²) in [7, 11) is 1.52. The molecule has 4 heterocycles. The van der Waals surface area contributed by atoms with Crippen molar-refractivity contribution in [1.82, 2.24) is 29.5 Å². The van der Waals surface area contributed by atoms with E-state index in [-0.39, 0.29) is 29.8 Å². The highest BCUT2D eigenvalue weighted by atomic mass is 35.5. The molecule has 1 N–H and O–H groups in total. The smallest absolute Gasteiger partial charge is 0.283 e. The molecule has 3 aromatic rings. The predicted octanol–water partition coefficient (Wildman–Crippen LogP) is 2.06. The highest BCUT2D eigenvalue weighted by Gasteiger charge is 2.41. The third kappa shape index (κ3) is 4.53. The van der Waals surface area contributed by atoms with Crippen molar-refractivity contribution in [3.8, 4) is 0 Å². The van der Waals surface area contributed by atoms with E-state index >= 15 is 0 Å². The zero-order chi connectivity index (χ0) is 25.8. The molecule has 1 unspecified atom stereocenters.